The Morgan fingerprint density at radius 3 is 2.79 bits per heavy atom. The zero-order chi connectivity index (χ0) is 19.5. The lowest BCUT2D eigenvalue weighted by Gasteiger charge is -2.17. The van der Waals surface area contributed by atoms with Crippen molar-refractivity contribution in [1.29, 1.82) is 0 Å². The molecule has 1 N–H and O–H groups in total. The Hall–Kier alpha value is -3.48. The van der Waals surface area contributed by atoms with E-state index in [0.717, 1.165) is 16.8 Å². The van der Waals surface area contributed by atoms with E-state index >= 15 is 0 Å². The average molecular weight is 376 g/mol. The summed E-state index contributed by atoms with van der Waals surface area (Å²) in [6.45, 7) is 2.54. The van der Waals surface area contributed by atoms with E-state index < -0.39 is 0 Å². The monoisotopic (exact) mass is 376 g/mol. The fraction of sp³-hybridized carbons (Fsp3) is 0.238. The molecule has 0 spiro atoms. The zero-order valence-electron chi connectivity index (χ0n) is 15.5. The molecule has 0 saturated carbocycles. The maximum absolute atomic E-state index is 12.5. The zero-order valence-corrected chi connectivity index (χ0v) is 15.5. The Labute approximate surface area is 162 Å². The summed E-state index contributed by atoms with van der Waals surface area (Å²) in [6.07, 6.45) is 0.201. The second-order valence-corrected chi connectivity index (χ2v) is 6.80. The number of hydrogen-bond donors (Lipinski definition) is 1. The van der Waals surface area contributed by atoms with Gasteiger partial charge in [0, 0.05) is 37.7 Å². The van der Waals surface area contributed by atoms with Crippen LogP contribution in [0.25, 0.3) is 11.4 Å². The Kier molecular flexibility index (Phi) is 4.89. The third-order valence-electron chi connectivity index (χ3n) is 4.75. The first-order chi connectivity index (χ1) is 13.6. The molecule has 28 heavy (non-hydrogen) atoms. The summed E-state index contributed by atoms with van der Waals surface area (Å²) < 4.78 is 5.02. The van der Waals surface area contributed by atoms with Gasteiger partial charge in [0.1, 0.15) is 0 Å². The lowest BCUT2D eigenvalue weighted by molar-refractivity contribution is -0.126. The van der Waals surface area contributed by atoms with E-state index in [1.807, 2.05) is 54.6 Å². The van der Waals surface area contributed by atoms with Gasteiger partial charge in [-0.15, -0.1) is 0 Å². The molecule has 142 valence electrons. The number of rotatable bonds is 5. The second kappa shape index (κ2) is 7.64. The highest BCUT2D eigenvalue weighted by Crippen LogP contribution is 2.28. The fourth-order valence-corrected chi connectivity index (χ4v) is 3.29. The van der Waals surface area contributed by atoms with Crippen LogP contribution in [0.1, 0.15) is 17.9 Å². The van der Waals surface area contributed by atoms with Gasteiger partial charge in [0.2, 0.25) is 23.5 Å². The number of anilines is 1. The van der Waals surface area contributed by atoms with Crippen LogP contribution in [-0.4, -0.2) is 28.5 Å². The molecule has 0 radical (unpaired) electrons. The highest BCUT2D eigenvalue weighted by Gasteiger charge is 2.35. The lowest BCUT2D eigenvalue weighted by atomic mass is 10.1. The van der Waals surface area contributed by atoms with E-state index in [1.54, 1.807) is 11.8 Å². The minimum atomic E-state index is -0.368. The number of nitrogens with zero attached hydrogens (tertiary/aromatic N) is 3. The topological polar surface area (TPSA) is 88.3 Å². The van der Waals surface area contributed by atoms with Gasteiger partial charge in [-0.3, -0.25) is 9.59 Å². The van der Waals surface area contributed by atoms with Gasteiger partial charge in [0.15, 0.2) is 0 Å². The van der Waals surface area contributed by atoms with Crippen molar-refractivity contribution < 1.29 is 14.1 Å². The maximum Gasteiger partial charge on any atom is 0.227 e. The number of nitrogens with one attached hydrogen (secondary N) is 1. The Bertz CT molecular complexity index is 1000. The van der Waals surface area contributed by atoms with Gasteiger partial charge >= 0.3 is 0 Å². The Morgan fingerprint density at radius 1 is 1.21 bits per heavy atom. The predicted octanol–water partition coefficient (Wildman–Crippen LogP) is 2.71. The molecule has 3 aromatic rings. The van der Waals surface area contributed by atoms with Gasteiger partial charge in [0.05, 0.1) is 5.92 Å². The summed E-state index contributed by atoms with van der Waals surface area (Å²) >= 11 is 0. The smallest absolute Gasteiger partial charge is 0.227 e. The van der Waals surface area contributed by atoms with E-state index in [1.165, 1.54) is 0 Å². The van der Waals surface area contributed by atoms with E-state index in [0.29, 0.717) is 24.8 Å². The van der Waals surface area contributed by atoms with Crippen molar-refractivity contribution in [3.8, 4) is 11.4 Å². The molecule has 7 heteroatoms. The van der Waals surface area contributed by atoms with E-state index in [2.05, 4.69) is 15.5 Å². The average Bonchev–Trinajstić information content (AvgIpc) is 3.33. The quantitative estimate of drug-likeness (QED) is 0.740. The number of benzene rings is 2. The van der Waals surface area contributed by atoms with Crippen LogP contribution >= 0.6 is 0 Å². The van der Waals surface area contributed by atoms with Crippen molar-refractivity contribution in [3.63, 3.8) is 0 Å². The number of hydrogen-bond acceptors (Lipinski definition) is 5. The molecule has 1 atom stereocenters. The molecule has 2 heterocycles. The van der Waals surface area contributed by atoms with Crippen LogP contribution in [0.4, 0.5) is 5.69 Å². The highest BCUT2D eigenvalue weighted by atomic mass is 16.5. The summed E-state index contributed by atoms with van der Waals surface area (Å²) in [7, 11) is 0. The molecule has 1 unspecified atom stereocenters. The van der Waals surface area contributed by atoms with E-state index in [-0.39, 0.29) is 24.2 Å². The van der Waals surface area contributed by atoms with Crippen LogP contribution in [0, 0.1) is 12.8 Å². The number of carbonyl (C=O) groups excluding carboxylic acids is 2. The van der Waals surface area contributed by atoms with E-state index in [4.69, 9.17) is 4.52 Å². The van der Waals surface area contributed by atoms with Crippen molar-refractivity contribution in [2.45, 2.75) is 19.9 Å². The van der Waals surface area contributed by atoms with Crippen molar-refractivity contribution in [2.24, 2.45) is 5.92 Å². The van der Waals surface area contributed by atoms with Gasteiger partial charge in [-0.1, -0.05) is 47.6 Å². The highest BCUT2D eigenvalue weighted by molar-refractivity contribution is 6.00. The van der Waals surface area contributed by atoms with Gasteiger partial charge in [0.25, 0.3) is 0 Å². The Balaban J connectivity index is 1.44. The first kappa shape index (κ1) is 17.9. The lowest BCUT2D eigenvalue weighted by Crippen LogP contribution is -2.32. The maximum atomic E-state index is 12.5. The van der Waals surface area contributed by atoms with Crippen LogP contribution in [0.3, 0.4) is 0 Å². The fourth-order valence-electron chi connectivity index (χ4n) is 3.29. The molecule has 1 saturated heterocycles. The summed E-state index contributed by atoms with van der Waals surface area (Å²) in [5, 5.41) is 6.84. The van der Waals surface area contributed by atoms with Crippen LogP contribution < -0.4 is 10.2 Å². The van der Waals surface area contributed by atoms with Crippen molar-refractivity contribution >= 4 is 17.5 Å². The largest absolute Gasteiger partial charge is 0.352 e. The van der Waals surface area contributed by atoms with Gasteiger partial charge in [-0.2, -0.15) is 4.98 Å². The molecule has 1 fully saturated rings. The van der Waals surface area contributed by atoms with Gasteiger partial charge < -0.3 is 14.7 Å². The third-order valence-corrected chi connectivity index (χ3v) is 4.75. The number of amides is 2. The number of aromatic nitrogens is 2. The molecular formula is C21H20N4O3. The van der Waals surface area contributed by atoms with Crippen molar-refractivity contribution in [3.05, 3.63) is 66.1 Å². The molecule has 1 aliphatic rings. The summed E-state index contributed by atoms with van der Waals surface area (Å²) in [5.74, 6) is 0.411. The molecular weight excluding hydrogens is 356 g/mol. The molecule has 2 aromatic carbocycles. The number of carbonyl (C=O) groups is 2. The SMILES string of the molecule is Cc1nc(-c2cccc(N3CC(C(=O)NCc4ccccc4)CC3=O)c2)no1. The minimum absolute atomic E-state index is 0.0682. The van der Waals surface area contributed by atoms with E-state index in [9.17, 15) is 9.59 Å². The molecule has 7 nitrogen and oxygen atoms in total. The molecule has 4 rings (SSSR count). The third kappa shape index (κ3) is 3.78. The Morgan fingerprint density at radius 2 is 2.04 bits per heavy atom. The second-order valence-electron chi connectivity index (χ2n) is 6.80. The van der Waals surface area contributed by atoms with Crippen molar-refractivity contribution in [2.75, 3.05) is 11.4 Å². The van der Waals surface area contributed by atoms with Crippen LogP contribution in [0.2, 0.25) is 0 Å². The normalized spacial score (nSPS) is 16.4. The molecule has 1 aliphatic heterocycles. The van der Waals surface area contributed by atoms with Crippen LogP contribution in [0.5, 0.6) is 0 Å². The summed E-state index contributed by atoms with van der Waals surface area (Å²) in [4.78, 5) is 30.9. The molecule has 0 bridgehead atoms. The molecule has 0 aliphatic carbocycles. The van der Waals surface area contributed by atoms with Crippen molar-refractivity contribution in [1.82, 2.24) is 15.5 Å². The summed E-state index contributed by atoms with van der Waals surface area (Å²) in [5.41, 5.74) is 2.52. The first-order valence-electron chi connectivity index (χ1n) is 9.13. The van der Waals surface area contributed by atoms with Crippen LogP contribution in [0.15, 0.2) is 59.1 Å². The predicted molar refractivity (Wildman–Crippen MR) is 103 cm³/mol. The summed E-state index contributed by atoms with van der Waals surface area (Å²) in [6, 6.07) is 17.1. The van der Waals surface area contributed by atoms with Gasteiger partial charge in [-0.25, -0.2) is 0 Å². The first-order valence-corrected chi connectivity index (χ1v) is 9.13. The minimum Gasteiger partial charge on any atom is -0.352 e. The number of aryl methyl sites for hydroxylation is 1. The molecule has 1 aromatic heterocycles. The van der Waals surface area contributed by atoms with Gasteiger partial charge in [-0.05, 0) is 17.7 Å². The standard InChI is InChI=1S/C21H20N4O3/c1-14-23-20(24-28-14)16-8-5-9-18(10-16)25-13-17(11-19(25)26)21(27)22-12-15-6-3-2-4-7-15/h2-10,17H,11-13H2,1H3,(H,22,27). The molecule has 2 amide bonds. The van der Waals surface area contributed by atoms with Crippen LogP contribution in [-0.2, 0) is 16.1 Å².